The lowest BCUT2D eigenvalue weighted by Gasteiger charge is -2.25. The highest BCUT2D eigenvalue weighted by Gasteiger charge is 2.17. The molecular weight excluding hydrogens is 184 g/mol. The normalized spacial score (nSPS) is 13.9. The van der Waals surface area contributed by atoms with Crippen molar-refractivity contribution in [2.75, 3.05) is 0 Å². The molecule has 1 atom stereocenters. The molecule has 0 fully saturated rings. The molecule has 1 aromatic carbocycles. The summed E-state index contributed by atoms with van der Waals surface area (Å²) < 4.78 is 0. The van der Waals surface area contributed by atoms with Gasteiger partial charge in [-0.1, -0.05) is 51.1 Å². The molecule has 0 aliphatic rings. The molecule has 0 amide bonds. The molecule has 84 valence electrons. The summed E-state index contributed by atoms with van der Waals surface area (Å²) in [5.74, 6) is 5.58. The average molecular weight is 206 g/mol. The summed E-state index contributed by atoms with van der Waals surface area (Å²) in [5, 5.41) is 0. The largest absolute Gasteiger partial charge is 0.271 e. The quantitative estimate of drug-likeness (QED) is 0.587. The van der Waals surface area contributed by atoms with Crippen LogP contribution in [0.5, 0.6) is 0 Å². The minimum Gasteiger partial charge on any atom is -0.271 e. The number of nitrogens with one attached hydrogen (secondary N) is 1. The van der Waals surface area contributed by atoms with Crippen molar-refractivity contribution >= 4 is 0 Å². The average Bonchev–Trinajstić information content (AvgIpc) is 2.16. The third-order valence-corrected chi connectivity index (χ3v) is 2.42. The van der Waals surface area contributed by atoms with Crippen LogP contribution < -0.4 is 11.3 Å². The zero-order chi connectivity index (χ0) is 11.3. The van der Waals surface area contributed by atoms with Gasteiger partial charge in [-0.05, 0) is 23.8 Å². The lowest BCUT2D eigenvalue weighted by molar-refractivity contribution is 0.308. The molecule has 0 aromatic heterocycles. The summed E-state index contributed by atoms with van der Waals surface area (Å²) in [5.41, 5.74) is 4.56. The van der Waals surface area contributed by atoms with Crippen molar-refractivity contribution in [3.05, 3.63) is 35.9 Å². The van der Waals surface area contributed by atoms with E-state index in [1.807, 2.05) is 6.07 Å². The lowest BCUT2D eigenvalue weighted by Crippen LogP contribution is -2.39. The molecule has 1 rings (SSSR count). The van der Waals surface area contributed by atoms with Gasteiger partial charge >= 0.3 is 0 Å². The first-order valence-electron chi connectivity index (χ1n) is 5.51. The molecule has 2 nitrogen and oxygen atoms in total. The fourth-order valence-corrected chi connectivity index (χ4v) is 1.83. The Morgan fingerprint density at radius 1 is 1.20 bits per heavy atom. The zero-order valence-electron chi connectivity index (χ0n) is 9.96. The van der Waals surface area contributed by atoms with Crippen molar-refractivity contribution in [3.8, 4) is 0 Å². The van der Waals surface area contributed by atoms with Crippen molar-refractivity contribution in [2.45, 2.75) is 39.7 Å². The van der Waals surface area contributed by atoms with Crippen LogP contribution in [0, 0.1) is 5.41 Å². The van der Waals surface area contributed by atoms with Crippen LogP contribution in [0.4, 0.5) is 0 Å². The Morgan fingerprint density at radius 2 is 1.80 bits per heavy atom. The smallest absolute Gasteiger partial charge is 0.0255 e. The fourth-order valence-electron chi connectivity index (χ4n) is 1.83. The molecule has 0 heterocycles. The van der Waals surface area contributed by atoms with Gasteiger partial charge in [0.15, 0.2) is 0 Å². The van der Waals surface area contributed by atoms with E-state index in [1.54, 1.807) is 0 Å². The van der Waals surface area contributed by atoms with Gasteiger partial charge in [0.25, 0.3) is 0 Å². The van der Waals surface area contributed by atoms with Gasteiger partial charge in [0, 0.05) is 6.04 Å². The summed E-state index contributed by atoms with van der Waals surface area (Å²) in [4.78, 5) is 0. The van der Waals surface area contributed by atoms with Crippen LogP contribution in [0.25, 0.3) is 0 Å². The minimum absolute atomic E-state index is 0.311. The van der Waals surface area contributed by atoms with Gasteiger partial charge in [-0.15, -0.1) is 0 Å². The Kier molecular flexibility index (Phi) is 4.30. The maximum Gasteiger partial charge on any atom is 0.0255 e. The molecule has 0 saturated heterocycles. The molecule has 15 heavy (non-hydrogen) atoms. The van der Waals surface area contributed by atoms with Gasteiger partial charge in [0.1, 0.15) is 0 Å². The summed E-state index contributed by atoms with van der Waals surface area (Å²) >= 11 is 0. The van der Waals surface area contributed by atoms with E-state index < -0.39 is 0 Å². The predicted molar refractivity (Wildman–Crippen MR) is 65.3 cm³/mol. The first-order chi connectivity index (χ1) is 7.01. The number of benzene rings is 1. The Morgan fingerprint density at radius 3 is 2.27 bits per heavy atom. The predicted octanol–water partition coefficient (Wildman–Crippen LogP) is 2.50. The molecule has 3 N–H and O–H groups in total. The molecule has 0 bridgehead atoms. The van der Waals surface area contributed by atoms with E-state index in [9.17, 15) is 0 Å². The van der Waals surface area contributed by atoms with Crippen molar-refractivity contribution in [3.63, 3.8) is 0 Å². The lowest BCUT2D eigenvalue weighted by atomic mass is 9.86. The Bertz CT molecular complexity index is 274. The van der Waals surface area contributed by atoms with Crippen LogP contribution in [0.1, 0.15) is 32.8 Å². The van der Waals surface area contributed by atoms with E-state index in [1.165, 1.54) is 5.56 Å². The van der Waals surface area contributed by atoms with Crippen molar-refractivity contribution in [1.29, 1.82) is 0 Å². The van der Waals surface area contributed by atoms with Gasteiger partial charge < -0.3 is 0 Å². The Hall–Kier alpha value is -0.860. The van der Waals surface area contributed by atoms with E-state index in [0.717, 1.165) is 12.8 Å². The maximum atomic E-state index is 5.58. The van der Waals surface area contributed by atoms with E-state index in [0.29, 0.717) is 11.5 Å². The number of rotatable bonds is 4. The first-order valence-corrected chi connectivity index (χ1v) is 5.51. The molecule has 1 aromatic rings. The maximum absolute atomic E-state index is 5.58. The standard InChI is InChI=1S/C13H22N2/c1-13(2,3)10-12(15-14)9-11-7-5-4-6-8-11/h4-8,12,15H,9-10,14H2,1-3H3. The Labute approximate surface area is 92.8 Å². The topological polar surface area (TPSA) is 38.0 Å². The second-order valence-electron chi connectivity index (χ2n) is 5.32. The molecule has 1 unspecified atom stereocenters. The molecule has 0 aliphatic heterocycles. The van der Waals surface area contributed by atoms with E-state index in [-0.39, 0.29) is 0 Å². The van der Waals surface area contributed by atoms with Crippen molar-refractivity contribution in [2.24, 2.45) is 11.3 Å². The number of hydrazine groups is 1. The SMILES string of the molecule is CC(C)(C)CC(Cc1ccccc1)NN. The van der Waals surface area contributed by atoms with Crippen molar-refractivity contribution in [1.82, 2.24) is 5.43 Å². The molecule has 0 aliphatic carbocycles. The van der Waals surface area contributed by atoms with Crippen LogP contribution in [0.2, 0.25) is 0 Å². The summed E-state index contributed by atoms with van der Waals surface area (Å²) in [7, 11) is 0. The molecule has 2 heteroatoms. The van der Waals surface area contributed by atoms with E-state index in [4.69, 9.17) is 5.84 Å². The van der Waals surface area contributed by atoms with Crippen LogP contribution in [0.15, 0.2) is 30.3 Å². The third-order valence-electron chi connectivity index (χ3n) is 2.42. The van der Waals surface area contributed by atoms with Gasteiger partial charge in [0.05, 0.1) is 0 Å². The second kappa shape index (κ2) is 5.29. The highest BCUT2D eigenvalue weighted by Crippen LogP contribution is 2.22. The zero-order valence-corrected chi connectivity index (χ0v) is 9.96. The van der Waals surface area contributed by atoms with Gasteiger partial charge in [-0.3, -0.25) is 11.3 Å². The molecule has 0 spiro atoms. The van der Waals surface area contributed by atoms with Gasteiger partial charge in [-0.2, -0.15) is 0 Å². The van der Waals surface area contributed by atoms with Crippen LogP contribution in [0.3, 0.4) is 0 Å². The second-order valence-corrected chi connectivity index (χ2v) is 5.32. The van der Waals surface area contributed by atoms with Crippen molar-refractivity contribution < 1.29 is 0 Å². The third kappa shape index (κ3) is 4.96. The van der Waals surface area contributed by atoms with Crippen LogP contribution >= 0.6 is 0 Å². The highest BCUT2D eigenvalue weighted by atomic mass is 15.2. The van der Waals surface area contributed by atoms with Crippen LogP contribution in [-0.4, -0.2) is 6.04 Å². The monoisotopic (exact) mass is 206 g/mol. The molecular formula is C13H22N2. The number of hydrogen-bond donors (Lipinski definition) is 2. The molecule has 0 radical (unpaired) electrons. The number of hydrogen-bond acceptors (Lipinski definition) is 2. The Balaban J connectivity index is 2.55. The van der Waals surface area contributed by atoms with Crippen LogP contribution in [-0.2, 0) is 6.42 Å². The summed E-state index contributed by atoms with van der Waals surface area (Å²) in [6, 6.07) is 10.8. The van der Waals surface area contributed by atoms with Gasteiger partial charge in [-0.25, -0.2) is 0 Å². The first kappa shape index (κ1) is 12.2. The minimum atomic E-state index is 0.311. The molecule has 0 saturated carbocycles. The number of nitrogens with two attached hydrogens (primary N) is 1. The van der Waals surface area contributed by atoms with E-state index in [2.05, 4.69) is 50.5 Å². The summed E-state index contributed by atoms with van der Waals surface area (Å²) in [6.07, 6.45) is 2.08. The summed E-state index contributed by atoms with van der Waals surface area (Å²) in [6.45, 7) is 6.72. The highest BCUT2D eigenvalue weighted by molar-refractivity contribution is 5.15. The van der Waals surface area contributed by atoms with E-state index >= 15 is 0 Å². The van der Waals surface area contributed by atoms with Gasteiger partial charge in [0.2, 0.25) is 0 Å². The fraction of sp³-hybridized carbons (Fsp3) is 0.538.